The Bertz CT molecular complexity index is 445. The van der Waals surface area contributed by atoms with Gasteiger partial charge in [-0.25, -0.2) is 0 Å². The summed E-state index contributed by atoms with van der Waals surface area (Å²) < 4.78 is 5.40. The van der Waals surface area contributed by atoms with Crippen LogP contribution in [0.1, 0.15) is 12.5 Å². The van der Waals surface area contributed by atoms with E-state index >= 15 is 0 Å². The molecule has 0 bridgehead atoms. The van der Waals surface area contributed by atoms with Crippen LogP contribution in [0.2, 0.25) is 6.82 Å². The number of nitrogens with two attached hydrogens (primary N) is 1. The molecule has 0 saturated heterocycles. The van der Waals surface area contributed by atoms with Crippen LogP contribution in [0.15, 0.2) is 24.3 Å². The van der Waals surface area contributed by atoms with E-state index in [1.165, 1.54) is 7.28 Å². The third-order valence-electron chi connectivity index (χ3n) is 2.52. The highest BCUT2D eigenvalue weighted by Crippen LogP contribution is 2.13. The second kappa shape index (κ2) is 7.57. The van der Waals surface area contributed by atoms with E-state index in [-0.39, 0.29) is 5.68 Å². The van der Waals surface area contributed by atoms with Crippen molar-refractivity contribution < 1.29 is 9.53 Å². The van der Waals surface area contributed by atoms with E-state index in [0.717, 1.165) is 11.3 Å². The van der Waals surface area contributed by atoms with Gasteiger partial charge in [-0.2, -0.15) is 0 Å². The summed E-state index contributed by atoms with van der Waals surface area (Å²) in [6.45, 7) is 3.86. The molecule has 0 aliphatic heterocycles. The molecular formula is C14H17BNO2. The number of ether oxygens (including phenoxy) is 1. The molecular weight excluding hydrogens is 225 g/mol. The monoisotopic (exact) mass is 242 g/mol. The molecule has 0 aromatic heterocycles. The molecule has 1 rings (SSSR count). The van der Waals surface area contributed by atoms with Crippen molar-refractivity contribution in [3.05, 3.63) is 29.8 Å². The van der Waals surface area contributed by atoms with E-state index in [1.807, 2.05) is 24.3 Å². The zero-order valence-corrected chi connectivity index (χ0v) is 10.8. The van der Waals surface area contributed by atoms with Crippen LogP contribution in [-0.4, -0.2) is 25.6 Å². The maximum Gasteiger partial charge on any atom is 0.201 e. The Morgan fingerprint density at radius 3 is 2.67 bits per heavy atom. The third-order valence-corrected chi connectivity index (χ3v) is 2.52. The van der Waals surface area contributed by atoms with Gasteiger partial charge in [-0.1, -0.05) is 24.9 Å². The summed E-state index contributed by atoms with van der Waals surface area (Å²) in [6, 6.07) is 7.08. The van der Waals surface area contributed by atoms with Gasteiger partial charge in [0, 0.05) is 0 Å². The summed E-state index contributed by atoms with van der Waals surface area (Å²) in [5.74, 6) is 6.35. The SMILES string of the molecule is C[B]C(=O)[C@@H](N)Cc1ccc(OCC#CC)cc1. The molecule has 0 heterocycles. The Balaban J connectivity index is 2.53. The van der Waals surface area contributed by atoms with Crippen molar-refractivity contribution in [2.45, 2.75) is 26.2 Å². The fourth-order valence-electron chi connectivity index (χ4n) is 1.48. The zero-order chi connectivity index (χ0) is 13.4. The number of carbonyl (C=O) groups is 1. The predicted molar refractivity (Wildman–Crippen MR) is 73.7 cm³/mol. The van der Waals surface area contributed by atoms with Crippen LogP contribution >= 0.6 is 0 Å². The lowest BCUT2D eigenvalue weighted by atomic mass is 9.72. The van der Waals surface area contributed by atoms with Crippen molar-refractivity contribution >= 4 is 13.0 Å². The first-order valence-electron chi connectivity index (χ1n) is 5.87. The third kappa shape index (κ3) is 4.64. The first-order valence-corrected chi connectivity index (χ1v) is 5.87. The maximum absolute atomic E-state index is 11.3. The molecule has 1 aromatic carbocycles. The molecule has 18 heavy (non-hydrogen) atoms. The average molecular weight is 242 g/mol. The molecule has 4 heteroatoms. The van der Waals surface area contributed by atoms with Crippen molar-refractivity contribution in [1.29, 1.82) is 0 Å². The summed E-state index contributed by atoms with van der Waals surface area (Å²) in [5, 5.41) is 0. The minimum atomic E-state index is -0.465. The highest BCUT2D eigenvalue weighted by atomic mass is 16.5. The van der Waals surface area contributed by atoms with Gasteiger partial charge in [0.1, 0.15) is 18.0 Å². The van der Waals surface area contributed by atoms with Gasteiger partial charge in [-0.05, 0) is 31.0 Å². The molecule has 1 radical (unpaired) electrons. The quantitative estimate of drug-likeness (QED) is 0.603. The van der Waals surface area contributed by atoms with Crippen LogP contribution in [0.5, 0.6) is 5.75 Å². The highest BCUT2D eigenvalue weighted by molar-refractivity contribution is 6.73. The van der Waals surface area contributed by atoms with Gasteiger partial charge in [0.15, 0.2) is 0 Å². The fourth-order valence-corrected chi connectivity index (χ4v) is 1.48. The van der Waals surface area contributed by atoms with Crippen molar-refractivity contribution in [1.82, 2.24) is 0 Å². The predicted octanol–water partition coefficient (Wildman–Crippen LogP) is 1.24. The van der Waals surface area contributed by atoms with Gasteiger partial charge in [-0.3, -0.25) is 0 Å². The molecule has 0 spiro atoms. The van der Waals surface area contributed by atoms with E-state index in [4.69, 9.17) is 10.5 Å². The second-order valence-corrected chi connectivity index (χ2v) is 3.86. The molecule has 0 aliphatic rings. The Hall–Kier alpha value is -1.73. The van der Waals surface area contributed by atoms with Gasteiger partial charge in [0.25, 0.3) is 0 Å². The average Bonchev–Trinajstić information content (AvgIpc) is 2.40. The van der Waals surface area contributed by atoms with Crippen LogP contribution < -0.4 is 10.5 Å². The molecule has 0 aliphatic carbocycles. The topological polar surface area (TPSA) is 52.3 Å². The number of benzene rings is 1. The fraction of sp³-hybridized carbons (Fsp3) is 0.357. The minimum Gasteiger partial charge on any atom is -0.481 e. The smallest absolute Gasteiger partial charge is 0.201 e. The molecule has 0 fully saturated rings. The number of rotatable bonds is 6. The molecule has 0 saturated carbocycles. The summed E-state index contributed by atoms with van der Waals surface area (Å²) in [4.78, 5) is 11.3. The summed E-state index contributed by atoms with van der Waals surface area (Å²) in [7, 11) is 1.51. The molecule has 1 atom stereocenters. The van der Waals surface area contributed by atoms with E-state index in [9.17, 15) is 4.79 Å². The van der Waals surface area contributed by atoms with Crippen molar-refractivity contribution in [2.75, 3.05) is 6.61 Å². The van der Waals surface area contributed by atoms with E-state index in [0.29, 0.717) is 13.0 Å². The van der Waals surface area contributed by atoms with Crippen molar-refractivity contribution in [2.24, 2.45) is 5.73 Å². The molecule has 1 aromatic rings. The van der Waals surface area contributed by atoms with E-state index in [1.54, 1.807) is 13.7 Å². The van der Waals surface area contributed by atoms with Crippen molar-refractivity contribution in [3.63, 3.8) is 0 Å². The molecule has 93 valence electrons. The number of hydrogen-bond acceptors (Lipinski definition) is 3. The maximum atomic E-state index is 11.3. The Labute approximate surface area is 109 Å². The van der Waals surface area contributed by atoms with Crippen LogP contribution in [0.4, 0.5) is 0 Å². The summed E-state index contributed by atoms with van der Waals surface area (Å²) in [6.07, 6.45) is 0.540. The molecule has 2 N–H and O–H groups in total. The number of carbonyl (C=O) groups excluding carboxylic acids is 1. The normalized spacial score (nSPS) is 11.1. The van der Waals surface area contributed by atoms with Gasteiger partial charge < -0.3 is 15.3 Å². The molecule has 0 amide bonds. The summed E-state index contributed by atoms with van der Waals surface area (Å²) in [5.41, 5.74) is 6.75. The van der Waals surface area contributed by atoms with Gasteiger partial charge in [-0.15, -0.1) is 5.92 Å². The largest absolute Gasteiger partial charge is 0.481 e. The van der Waals surface area contributed by atoms with E-state index < -0.39 is 6.04 Å². The minimum absolute atomic E-state index is 0.0338. The lowest BCUT2D eigenvalue weighted by Gasteiger charge is -2.10. The molecule has 0 unspecified atom stereocenters. The Kier molecular flexibility index (Phi) is 6.03. The van der Waals surface area contributed by atoms with E-state index in [2.05, 4.69) is 11.8 Å². The zero-order valence-electron chi connectivity index (χ0n) is 10.8. The van der Waals surface area contributed by atoms with Crippen LogP contribution in [0, 0.1) is 11.8 Å². The highest BCUT2D eigenvalue weighted by Gasteiger charge is 2.11. The van der Waals surface area contributed by atoms with Gasteiger partial charge in [0.2, 0.25) is 7.28 Å². The molecule has 3 nitrogen and oxygen atoms in total. The first-order chi connectivity index (χ1) is 8.67. The van der Waals surface area contributed by atoms with Crippen LogP contribution in [0.3, 0.4) is 0 Å². The first kappa shape index (κ1) is 14.3. The lowest BCUT2D eigenvalue weighted by Crippen LogP contribution is -2.35. The lowest BCUT2D eigenvalue weighted by molar-refractivity contribution is -0.113. The van der Waals surface area contributed by atoms with Gasteiger partial charge in [0.05, 0.1) is 6.04 Å². The Morgan fingerprint density at radius 2 is 2.11 bits per heavy atom. The van der Waals surface area contributed by atoms with Crippen LogP contribution in [0.25, 0.3) is 0 Å². The second-order valence-electron chi connectivity index (χ2n) is 3.86. The van der Waals surface area contributed by atoms with Gasteiger partial charge >= 0.3 is 0 Å². The van der Waals surface area contributed by atoms with Crippen molar-refractivity contribution in [3.8, 4) is 17.6 Å². The Morgan fingerprint density at radius 1 is 1.44 bits per heavy atom. The van der Waals surface area contributed by atoms with Crippen LogP contribution in [-0.2, 0) is 11.2 Å². The summed E-state index contributed by atoms with van der Waals surface area (Å²) >= 11 is 0. The number of hydrogen-bond donors (Lipinski definition) is 1. The standard InChI is InChI=1S/C14H17BNO2/c1-3-4-9-18-12-7-5-11(6-8-12)10-13(16)14(17)15-2/h5-8,13H,9-10,16H2,1-2H3/t13-/m0/s1.